The van der Waals surface area contributed by atoms with Crippen LogP contribution in [0.15, 0.2) is 24.3 Å². The van der Waals surface area contributed by atoms with Crippen LogP contribution in [0.1, 0.15) is 57.2 Å². The second-order valence-corrected chi connectivity index (χ2v) is 8.97. The van der Waals surface area contributed by atoms with Gasteiger partial charge in [0, 0.05) is 10.9 Å². The maximum atomic E-state index is 13.1. The molecule has 0 fully saturated rings. The first kappa shape index (κ1) is 22.0. The lowest BCUT2D eigenvalue weighted by atomic mass is 9.88. The van der Waals surface area contributed by atoms with E-state index in [4.69, 9.17) is 9.47 Å². The molecule has 2 heterocycles. The maximum absolute atomic E-state index is 13.1. The van der Waals surface area contributed by atoms with E-state index >= 15 is 0 Å². The second-order valence-electron chi connectivity index (χ2n) is 7.87. The Morgan fingerprint density at radius 2 is 2.16 bits per heavy atom. The summed E-state index contributed by atoms with van der Waals surface area (Å²) in [5.74, 6) is 0.422. The Bertz CT molecular complexity index is 1170. The van der Waals surface area contributed by atoms with Gasteiger partial charge in [-0.2, -0.15) is 0 Å². The van der Waals surface area contributed by atoms with Crippen LogP contribution in [0.4, 0.5) is 5.00 Å². The molecule has 8 nitrogen and oxygen atoms in total. The molecule has 0 spiro atoms. The van der Waals surface area contributed by atoms with Gasteiger partial charge in [0.25, 0.3) is 5.91 Å². The van der Waals surface area contributed by atoms with Gasteiger partial charge >= 0.3 is 5.97 Å². The molecule has 1 atom stereocenters. The fraction of sp³-hybridized carbons (Fsp3) is 0.391. The van der Waals surface area contributed by atoms with Crippen molar-refractivity contribution in [3.8, 4) is 11.4 Å². The minimum atomic E-state index is -0.408. The van der Waals surface area contributed by atoms with E-state index in [9.17, 15) is 9.59 Å². The Balaban J connectivity index is 1.65. The average molecular weight is 455 g/mol. The Hall–Kier alpha value is -3.20. The largest absolute Gasteiger partial charge is 0.497 e. The lowest BCUT2D eigenvalue weighted by Crippen LogP contribution is -2.17. The van der Waals surface area contributed by atoms with Gasteiger partial charge in [-0.05, 0) is 56.7 Å². The smallest absolute Gasteiger partial charge is 0.341 e. The van der Waals surface area contributed by atoms with Gasteiger partial charge in [-0.3, -0.25) is 4.79 Å². The molecule has 1 unspecified atom stereocenters. The molecule has 1 aromatic carbocycles. The van der Waals surface area contributed by atoms with E-state index in [0.717, 1.165) is 35.4 Å². The molecule has 3 aromatic rings. The van der Waals surface area contributed by atoms with Crippen LogP contribution in [0.5, 0.6) is 5.75 Å². The summed E-state index contributed by atoms with van der Waals surface area (Å²) >= 11 is 1.45. The van der Waals surface area contributed by atoms with Gasteiger partial charge in [-0.25, -0.2) is 9.48 Å². The molecular formula is C23H26N4O4S. The molecule has 0 bridgehead atoms. The Morgan fingerprint density at radius 1 is 1.34 bits per heavy atom. The van der Waals surface area contributed by atoms with E-state index in [2.05, 4.69) is 22.6 Å². The quantitative estimate of drug-likeness (QED) is 0.561. The van der Waals surface area contributed by atoms with Crippen LogP contribution in [0.2, 0.25) is 0 Å². The summed E-state index contributed by atoms with van der Waals surface area (Å²) in [5.41, 5.74) is 3.00. The summed E-state index contributed by atoms with van der Waals surface area (Å²) in [7, 11) is 1.59. The first-order valence-corrected chi connectivity index (χ1v) is 11.4. The highest BCUT2D eigenvalue weighted by Crippen LogP contribution is 2.40. The third-order valence-corrected chi connectivity index (χ3v) is 6.80. The molecular weight excluding hydrogens is 428 g/mol. The topological polar surface area (TPSA) is 95.3 Å². The van der Waals surface area contributed by atoms with E-state index in [-0.39, 0.29) is 12.3 Å². The highest BCUT2D eigenvalue weighted by atomic mass is 32.1. The number of hydrogen-bond donors (Lipinski definition) is 1. The van der Waals surface area contributed by atoms with Gasteiger partial charge in [0.05, 0.1) is 30.7 Å². The average Bonchev–Trinajstić information content (AvgIpc) is 3.33. The summed E-state index contributed by atoms with van der Waals surface area (Å²) in [5, 5.41) is 11.7. The normalized spacial score (nSPS) is 15.2. The molecule has 1 aliphatic carbocycles. The SMILES string of the molecule is CCOC(=O)c1c(NC(=O)c2nnn(-c3cccc(OC)c3)c2C)sc2c1CCC(C)C2. The van der Waals surface area contributed by atoms with Crippen molar-refractivity contribution in [2.75, 3.05) is 19.0 Å². The molecule has 4 rings (SSSR count). The number of esters is 1. The second kappa shape index (κ2) is 9.12. The number of ether oxygens (including phenoxy) is 2. The lowest BCUT2D eigenvalue weighted by molar-refractivity contribution is 0.0526. The van der Waals surface area contributed by atoms with Crippen LogP contribution in [-0.2, 0) is 17.6 Å². The fourth-order valence-electron chi connectivity index (χ4n) is 3.95. The van der Waals surface area contributed by atoms with E-state index in [0.29, 0.717) is 27.9 Å². The Kier molecular flexibility index (Phi) is 6.27. The van der Waals surface area contributed by atoms with Crippen LogP contribution in [0.3, 0.4) is 0 Å². The van der Waals surface area contributed by atoms with Crippen LogP contribution in [0.25, 0.3) is 5.69 Å². The highest BCUT2D eigenvalue weighted by Gasteiger charge is 2.30. The van der Waals surface area contributed by atoms with Gasteiger partial charge in [-0.1, -0.05) is 18.2 Å². The number of fused-ring (bicyclic) bond motifs is 1. The van der Waals surface area contributed by atoms with E-state index in [1.807, 2.05) is 24.3 Å². The summed E-state index contributed by atoms with van der Waals surface area (Å²) in [4.78, 5) is 27.0. The number of hydrogen-bond acceptors (Lipinski definition) is 7. The predicted octanol–water partition coefficient (Wildman–Crippen LogP) is 4.20. The summed E-state index contributed by atoms with van der Waals surface area (Å²) < 4.78 is 12.1. The van der Waals surface area contributed by atoms with Crippen LogP contribution in [-0.4, -0.2) is 40.6 Å². The number of thiophene rings is 1. The zero-order valence-electron chi connectivity index (χ0n) is 18.6. The molecule has 32 heavy (non-hydrogen) atoms. The number of rotatable bonds is 6. The Labute approximate surface area is 190 Å². The monoisotopic (exact) mass is 454 g/mol. The molecule has 0 aliphatic heterocycles. The highest BCUT2D eigenvalue weighted by molar-refractivity contribution is 7.17. The van der Waals surface area contributed by atoms with Gasteiger partial charge in [0.1, 0.15) is 10.8 Å². The number of carbonyl (C=O) groups excluding carboxylic acids is 2. The molecule has 1 N–H and O–H groups in total. The third kappa shape index (κ3) is 4.12. The lowest BCUT2D eigenvalue weighted by Gasteiger charge is -2.18. The number of methoxy groups -OCH3 is 1. The van der Waals surface area contributed by atoms with Crippen LogP contribution in [0, 0.1) is 12.8 Å². The van der Waals surface area contributed by atoms with E-state index < -0.39 is 11.9 Å². The molecule has 1 amide bonds. The molecule has 2 aromatic heterocycles. The number of carbonyl (C=O) groups is 2. The van der Waals surface area contributed by atoms with Gasteiger partial charge in [-0.15, -0.1) is 16.4 Å². The summed E-state index contributed by atoms with van der Waals surface area (Å²) in [6.45, 7) is 6.03. The van der Waals surface area contributed by atoms with Crippen molar-refractivity contribution < 1.29 is 19.1 Å². The molecule has 168 valence electrons. The van der Waals surface area contributed by atoms with Crippen molar-refractivity contribution in [1.82, 2.24) is 15.0 Å². The van der Waals surface area contributed by atoms with Crippen molar-refractivity contribution in [2.24, 2.45) is 5.92 Å². The van der Waals surface area contributed by atoms with Crippen molar-refractivity contribution >= 4 is 28.2 Å². The number of benzene rings is 1. The van der Waals surface area contributed by atoms with E-state index in [1.54, 1.807) is 25.6 Å². The minimum absolute atomic E-state index is 0.197. The van der Waals surface area contributed by atoms with Gasteiger partial charge in [0.2, 0.25) is 0 Å². The predicted molar refractivity (Wildman–Crippen MR) is 122 cm³/mol. The van der Waals surface area contributed by atoms with Crippen molar-refractivity contribution in [1.29, 1.82) is 0 Å². The molecule has 9 heteroatoms. The molecule has 1 aliphatic rings. The molecule has 0 radical (unpaired) electrons. The summed E-state index contributed by atoms with van der Waals surface area (Å²) in [6.07, 6.45) is 2.72. The Morgan fingerprint density at radius 3 is 2.91 bits per heavy atom. The van der Waals surface area contributed by atoms with Crippen molar-refractivity contribution in [3.05, 3.63) is 51.7 Å². The standard InChI is InChI=1S/C23H26N4O4S/c1-5-31-23(29)19-17-10-9-13(2)11-18(17)32-22(19)24-21(28)20-14(3)27(26-25-20)15-7-6-8-16(12-15)30-4/h6-8,12-13H,5,9-11H2,1-4H3,(H,24,28). The van der Waals surface area contributed by atoms with Gasteiger partial charge < -0.3 is 14.8 Å². The first-order chi connectivity index (χ1) is 15.4. The third-order valence-electron chi connectivity index (χ3n) is 5.63. The van der Waals surface area contributed by atoms with Crippen molar-refractivity contribution in [2.45, 2.75) is 40.0 Å². The maximum Gasteiger partial charge on any atom is 0.341 e. The number of anilines is 1. The zero-order valence-corrected chi connectivity index (χ0v) is 19.4. The van der Waals surface area contributed by atoms with Crippen LogP contribution >= 0.6 is 11.3 Å². The van der Waals surface area contributed by atoms with Crippen LogP contribution < -0.4 is 10.1 Å². The zero-order chi connectivity index (χ0) is 22.8. The van der Waals surface area contributed by atoms with Gasteiger partial charge in [0.15, 0.2) is 5.69 Å². The summed E-state index contributed by atoms with van der Waals surface area (Å²) in [6, 6.07) is 7.35. The fourth-order valence-corrected chi connectivity index (χ4v) is 5.34. The number of nitrogens with one attached hydrogen (secondary N) is 1. The van der Waals surface area contributed by atoms with E-state index in [1.165, 1.54) is 11.3 Å². The minimum Gasteiger partial charge on any atom is -0.497 e. The number of amides is 1. The first-order valence-electron chi connectivity index (χ1n) is 10.6. The number of nitrogens with zero attached hydrogens (tertiary/aromatic N) is 3. The molecule has 0 saturated heterocycles. The number of aromatic nitrogens is 3. The molecule has 0 saturated carbocycles. The van der Waals surface area contributed by atoms with Crippen molar-refractivity contribution in [3.63, 3.8) is 0 Å².